The molecule has 6 heteroatoms. The van der Waals surface area contributed by atoms with Crippen LogP contribution in [0.5, 0.6) is 5.88 Å². The Hall–Kier alpha value is -4.65. The van der Waals surface area contributed by atoms with Crippen molar-refractivity contribution in [2.45, 2.75) is 56.1 Å². The molecule has 4 aromatic carbocycles. The van der Waals surface area contributed by atoms with Gasteiger partial charge in [-0.1, -0.05) is 117 Å². The third kappa shape index (κ3) is 4.93. The zero-order valence-electron chi connectivity index (χ0n) is 26.5. The summed E-state index contributed by atoms with van der Waals surface area (Å²) >= 11 is 0. The molecule has 6 nitrogen and oxygen atoms in total. The van der Waals surface area contributed by atoms with E-state index >= 15 is 0 Å². The first-order valence-corrected chi connectivity index (χ1v) is 16.2. The van der Waals surface area contributed by atoms with E-state index in [1.807, 2.05) is 56.3 Å². The summed E-state index contributed by atoms with van der Waals surface area (Å²) < 4.78 is 1.52. The lowest BCUT2D eigenvalue weighted by Crippen LogP contribution is -2.53. The SMILES string of the molecule is CC(C)c1nn(-c2ccccc2)c(O)c1C1C(O)C(C=C2N(C)c3ccccc3C2(Cc2ccccc2)Cc2ccccc2)C1O. The molecule has 2 aliphatic rings. The number of benzene rings is 4. The van der Waals surface area contributed by atoms with Crippen molar-refractivity contribution in [1.29, 1.82) is 0 Å². The number of aliphatic hydroxyl groups is 2. The van der Waals surface area contributed by atoms with Crippen molar-refractivity contribution in [3.05, 3.63) is 155 Å². The summed E-state index contributed by atoms with van der Waals surface area (Å²) in [4.78, 5) is 2.23. The van der Waals surface area contributed by atoms with E-state index in [1.165, 1.54) is 21.4 Å². The second-order valence-electron chi connectivity index (χ2n) is 13.1. The molecule has 0 amide bonds. The summed E-state index contributed by atoms with van der Waals surface area (Å²) in [6.45, 7) is 4.04. The first kappa shape index (κ1) is 30.0. The molecular formula is C40H41N3O3. The highest BCUT2D eigenvalue weighted by molar-refractivity contribution is 5.71. The van der Waals surface area contributed by atoms with Gasteiger partial charge < -0.3 is 20.2 Å². The summed E-state index contributed by atoms with van der Waals surface area (Å²) in [5.41, 5.74) is 7.39. The Bertz CT molecular complexity index is 1800. The van der Waals surface area contributed by atoms with E-state index in [2.05, 4.69) is 90.8 Å². The van der Waals surface area contributed by atoms with Gasteiger partial charge in [-0.25, -0.2) is 4.68 Å². The van der Waals surface area contributed by atoms with Crippen molar-refractivity contribution < 1.29 is 15.3 Å². The predicted molar refractivity (Wildman–Crippen MR) is 182 cm³/mol. The number of aromatic hydroxyl groups is 1. The van der Waals surface area contributed by atoms with Gasteiger partial charge >= 0.3 is 0 Å². The highest BCUT2D eigenvalue weighted by Gasteiger charge is 2.54. The quantitative estimate of drug-likeness (QED) is 0.178. The van der Waals surface area contributed by atoms with Crippen LogP contribution in [0.2, 0.25) is 0 Å². The molecule has 2 heterocycles. The minimum absolute atomic E-state index is 0.0116. The number of likely N-dealkylation sites (N-methyl/N-ethyl adjacent to an activating group) is 1. The van der Waals surface area contributed by atoms with Gasteiger partial charge in [0.1, 0.15) is 0 Å². The molecule has 0 bridgehead atoms. The molecule has 46 heavy (non-hydrogen) atoms. The van der Waals surface area contributed by atoms with E-state index in [4.69, 9.17) is 5.10 Å². The molecule has 7 rings (SSSR count). The molecule has 2 unspecified atom stereocenters. The van der Waals surface area contributed by atoms with Gasteiger partial charge in [0.15, 0.2) is 0 Å². The van der Waals surface area contributed by atoms with E-state index in [0.717, 1.165) is 29.9 Å². The van der Waals surface area contributed by atoms with Gasteiger partial charge in [0, 0.05) is 41.2 Å². The Morgan fingerprint density at radius 2 is 1.28 bits per heavy atom. The largest absolute Gasteiger partial charge is 0.493 e. The highest BCUT2D eigenvalue weighted by atomic mass is 16.3. The third-order valence-corrected chi connectivity index (χ3v) is 10.0. The number of para-hydroxylation sites is 2. The van der Waals surface area contributed by atoms with Crippen LogP contribution in [-0.2, 0) is 18.3 Å². The summed E-state index contributed by atoms with van der Waals surface area (Å²) in [7, 11) is 2.09. The van der Waals surface area contributed by atoms with Gasteiger partial charge in [0.05, 0.1) is 23.6 Å². The van der Waals surface area contributed by atoms with Gasteiger partial charge in [-0.2, -0.15) is 5.10 Å². The van der Waals surface area contributed by atoms with Gasteiger partial charge in [-0.3, -0.25) is 0 Å². The van der Waals surface area contributed by atoms with Crippen LogP contribution in [0.3, 0.4) is 0 Å². The van der Waals surface area contributed by atoms with Crippen LogP contribution in [0, 0.1) is 5.92 Å². The number of fused-ring (bicyclic) bond motifs is 1. The second kappa shape index (κ2) is 11.9. The second-order valence-corrected chi connectivity index (χ2v) is 13.1. The Balaban J connectivity index is 1.32. The average Bonchev–Trinajstić information content (AvgIpc) is 3.52. The highest BCUT2D eigenvalue weighted by Crippen LogP contribution is 2.54. The first-order valence-electron chi connectivity index (χ1n) is 16.2. The topological polar surface area (TPSA) is 81.8 Å². The number of aromatic nitrogens is 2. The zero-order chi connectivity index (χ0) is 32.0. The minimum Gasteiger partial charge on any atom is -0.493 e. The number of nitrogens with zero attached hydrogens (tertiary/aromatic N) is 3. The number of anilines is 1. The van der Waals surface area contributed by atoms with Crippen molar-refractivity contribution >= 4 is 5.69 Å². The summed E-state index contributed by atoms with van der Waals surface area (Å²) in [6.07, 6.45) is 1.83. The lowest BCUT2D eigenvalue weighted by molar-refractivity contribution is -0.0956. The number of rotatable bonds is 8. The average molecular weight is 612 g/mol. The zero-order valence-corrected chi connectivity index (χ0v) is 26.5. The smallest absolute Gasteiger partial charge is 0.218 e. The van der Waals surface area contributed by atoms with E-state index in [1.54, 1.807) is 0 Å². The van der Waals surface area contributed by atoms with Crippen LogP contribution in [0.1, 0.15) is 53.6 Å². The normalized spacial score (nSPS) is 22.7. The molecule has 0 radical (unpaired) electrons. The van der Waals surface area contributed by atoms with Crippen LogP contribution in [0.15, 0.2) is 127 Å². The van der Waals surface area contributed by atoms with E-state index in [9.17, 15) is 15.3 Å². The lowest BCUT2D eigenvalue weighted by Gasteiger charge is -2.46. The van der Waals surface area contributed by atoms with Crippen LogP contribution in [0.4, 0.5) is 5.69 Å². The third-order valence-electron chi connectivity index (χ3n) is 10.0. The molecule has 1 aliphatic heterocycles. The molecule has 0 spiro atoms. The van der Waals surface area contributed by atoms with Gasteiger partial charge in [0.25, 0.3) is 0 Å². The van der Waals surface area contributed by atoms with Crippen molar-refractivity contribution in [3.8, 4) is 11.6 Å². The van der Waals surface area contributed by atoms with Gasteiger partial charge in [-0.05, 0) is 53.6 Å². The molecule has 234 valence electrons. The molecule has 3 N–H and O–H groups in total. The number of hydrogen-bond donors (Lipinski definition) is 3. The maximum Gasteiger partial charge on any atom is 0.218 e. The number of hydrogen-bond acceptors (Lipinski definition) is 5. The standard InChI is InChI=1S/C40H41N3O3/c1-26(2)36-34(39(46)43(41-36)29-19-11-6-12-20-29)35-37(44)30(38(35)45)23-33-40(24-27-15-7-4-8-16-27,25-28-17-9-5-10-18-28)31-21-13-14-22-32(31)42(33)3/h4-23,26,30,35,37-38,44-46H,24-25H2,1-3H3. The predicted octanol–water partition coefficient (Wildman–Crippen LogP) is 6.89. The summed E-state index contributed by atoms with van der Waals surface area (Å²) in [5, 5.41) is 39.9. The van der Waals surface area contributed by atoms with Crippen molar-refractivity contribution in [1.82, 2.24) is 9.78 Å². The number of aliphatic hydroxyl groups excluding tert-OH is 2. The molecule has 0 saturated heterocycles. The maximum atomic E-state index is 11.8. The molecule has 1 aliphatic carbocycles. The fourth-order valence-electron chi connectivity index (χ4n) is 7.75. The van der Waals surface area contributed by atoms with Crippen LogP contribution in [0.25, 0.3) is 5.69 Å². The summed E-state index contributed by atoms with van der Waals surface area (Å²) in [6, 6.07) is 39.1. The first-order chi connectivity index (χ1) is 22.3. The van der Waals surface area contributed by atoms with E-state index < -0.39 is 29.5 Å². The summed E-state index contributed by atoms with van der Waals surface area (Å²) in [5.74, 6) is -1.23. The van der Waals surface area contributed by atoms with E-state index in [-0.39, 0.29) is 11.8 Å². The molecule has 1 aromatic heterocycles. The Morgan fingerprint density at radius 3 is 1.85 bits per heavy atom. The molecule has 1 saturated carbocycles. The molecule has 1 fully saturated rings. The van der Waals surface area contributed by atoms with Crippen LogP contribution < -0.4 is 4.90 Å². The van der Waals surface area contributed by atoms with E-state index in [0.29, 0.717) is 11.3 Å². The van der Waals surface area contributed by atoms with Crippen LogP contribution in [-0.4, -0.2) is 44.4 Å². The maximum absolute atomic E-state index is 11.8. The van der Waals surface area contributed by atoms with Crippen molar-refractivity contribution in [3.63, 3.8) is 0 Å². The monoisotopic (exact) mass is 611 g/mol. The molecule has 2 atom stereocenters. The van der Waals surface area contributed by atoms with Crippen molar-refractivity contribution in [2.24, 2.45) is 5.92 Å². The number of allylic oxidation sites excluding steroid dienone is 1. The fourth-order valence-corrected chi connectivity index (χ4v) is 7.75. The van der Waals surface area contributed by atoms with Crippen molar-refractivity contribution in [2.75, 3.05) is 11.9 Å². The lowest BCUT2D eigenvalue weighted by atomic mass is 9.63. The molecular weight excluding hydrogens is 570 g/mol. The fraction of sp³-hybridized carbons (Fsp3) is 0.275. The Labute approximate surface area is 270 Å². The Morgan fingerprint density at radius 1 is 0.761 bits per heavy atom. The van der Waals surface area contributed by atoms with Gasteiger partial charge in [-0.15, -0.1) is 0 Å². The van der Waals surface area contributed by atoms with Gasteiger partial charge in [0.2, 0.25) is 5.88 Å². The van der Waals surface area contributed by atoms with Crippen LogP contribution >= 0.6 is 0 Å². The molecule has 5 aromatic rings. The minimum atomic E-state index is -0.900. The Kier molecular flexibility index (Phi) is 7.79.